The van der Waals surface area contributed by atoms with Crippen molar-refractivity contribution >= 4 is 17.5 Å². The Bertz CT molecular complexity index is 988. The summed E-state index contributed by atoms with van der Waals surface area (Å²) < 4.78 is 13.0. The summed E-state index contributed by atoms with van der Waals surface area (Å²) in [4.78, 5) is 26.6. The molecule has 0 saturated carbocycles. The van der Waals surface area contributed by atoms with Gasteiger partial charge in [0.15, 0.2) is 0 Å². The molecule has 154 valence electrons. The Balaban J connectivity index is 1.67. The minimum Gasteiger partial charge on any atom is -0.352 e. The molecule has 0 saturated heterocycles. The number of hydrogen-bond acceptors (Lipinski definition) is 2. The van der Waals surface area contributed by atoms with Gasteiger partial charge in [-0.1, -0.05) is 61.5 Å². The fourth-order valence-corrected chi connectivity index (χ4v) is 3.17. The Morgan fingerprint density at radius 2 is 1.57 bits per heavy atom. The summed E-state index contributed by atoms with van der Waals surface area (Å²) in [6, 6.07) is 23.4. The van der Waals surface area contributed by atoms with Crippen molar-refractivity contribution < 1.29 is 14.0 Å². The lowest BCUT2D eigenvalue weighted by Crippen LogP contribution is -2.30. The smallest absolute Gasteiger partial charge is 0.227 e. The van der Waals surface area contributed by atoms with E-state index in [0.29, 0.717) is 19.5 Å². The summed E-state index contributed by atoms with van der Waals surface area (Å²) in [6.45, 7) is 2.66. The van der Waals surface area contributed by atoms with Gasteiger partial charge in [0.1, 0.15) is 5.82 Å². The lowest BCUT2D eigenvalue weighted by molar-refractivity contribution is -0.120. The number of hydrogen-bond donors (Lipinski definition) is 1. The van der Waals surface area contributed by atoms with E-state index in [-0.39, 0.29) is 24.1 Å². The Labute approximate surface area is 176 Å². The van der Waals surface area contributed by atoms with E-state index in [4.69, 9.17) is 0 Å². The summed E-state index contributed by atoms with van der Waals surface area (Å²) in [6.07, 6.45) is 0.601. The number of nitrogens with zero attached hydrogens (tertiary/aromatic N) is 1. The zero-order valence-electron chi connectivity index (χ0n) is 17.0. The predicted octanol–water partition coefficient (Wildman–Crippen LogP) is 4.63. The van der Waals surface area contributed by atoms with Gasteiger partial charge >= 0.3 is 0 Å². The first-order valence-corrected chi connectivity index (χ1v) is 9.99. The van der Waals surface area contributed by atoms with Crippen LogP contribution in [0.5, 0.6) is 0 Å². The molecule has 0 bridgehead atoms. The highest BCUT2D eigenvalue weighted by Gasteiger charge is 2.15. The highest BCUT2D eigenvalue weighted by Crippen LogP contribution is 2.20. The van der Waals surface area contributed by atoms with Crippen LogP contribution in [0.3, 0.4) is 0 Å². The first-order chi connectivity index (χ1) is 14.5. The van der Waals surface area contributed by atoms with E-state index < -0.39 is 0 Å². The van der Waals surface area contributed by atoms with Crippen LogP contribution in [0.15, 0.2) is 78.9 Å². The van der Waals surface area contributed by atoms with Gasteiger partial charge in [0.25, 0.3) is 0 Å². The number of halogens is 1. The Hall–Kier alpha value is -3.47. The molecule has 0 atom stereocenters. The highest BCUT2D eigenvalue weighted by atomic mass is 19.1. The molecule has 5 heteroatoms. The highest BCUT2D eigenvalue weighted by molar-refractivity contribution is 5.93. The SMILES string of the molecule is CCC(=O)N(Cc1ccccc1)c1cccc(CC(=O)NCc2ccc(F)cc2)c1. The molecule has 0 aliphatic carbocycles. The van der Waals surface area contributed by atoms with Gasteiger partial charge < -0.3 is 10.2 Å². The largest absolute Gasteiger partial charge is 0.352 e. The van der Waals surface area contributed by atoms with Crippen LogP contribution in [0.1, 0.15) is 30.0 Å². The second-order valence-electron chi connectivity index (χ2n) is 7.07. The zero-order valence-corrected chi connectivity index (χ0v) is 17.0. The van der Waals surface area contributed by atoms with Crippen LogP contribution in [0.2, 0.25) is 0 Å². The van der Waals surface area contributed by atoms with Gasteiger partial charge in [-0.05, 0) is 41.0 Å². The molecule has 0 unspecified atom stereocenters. The Morgan fingerprint density at radius 3 is 2.27 bits per heavy atom. The van der Waals surface area contributed by atoms with E-state index in [9.17, 15) is 14.0 Å². The normalized spacial score (nSPS) is 10.5. The molecule has 0 aromatic heterocycles. The van der Waals surface area contributed by atoms with E-state index in [2.05, 4.69) is 5.32 Å². The molecule has 3 aromatic rings. The third-order valence-electron chi connectivity index (χ3n) is 4.78. The van der Waals surface area contributed by atoms with Crippen LogP contribution in [-0.4, -0.2) is 11.8 Å². The van der Waals surface area contributed by atoms with Crippen molar-refractivity contribution in [1.29, 1.82) is 0 Å². The second kappa shape index (κ2) is 10.3. The number of benzene rings is 3. The van der Waals surface area contributed by atoms with Gasteiger partial charge in [0, 0.05) is 18.7 Å². The molecular weight excluding hydrogens is 379 g/mol. The number of amides is 2. The maximum absolute atomic E-state index is 13.0. The van der Waals surface area contributed by atoms with Gasteiger partial charge in [0.05, 0.1) is 13.0 Å². The van der Waals surface area contributed by atoms with Gasteiger partial charge in [-0.25, -0.2) is 4.39 Å². The van der Waals surface area contributed by atoms with E-state index in [0.717, 1.165) is 22.4 Å². The minimum absolute atomic E-state index is 0.0248. The molecule has 0 heterocycles. The van der Waals surface area contributed by atoms with Crippen LogP contribution in [-0.2, 0) is 29.1 Å². The molecule has 3 aromatic carbocycles. The molecule has 4 nitrogen and oxygen atoms in total. The fraction of sp³-hybridized carbons (Fsp3) is 0.200. The Kier molecular flexibility index (Phi) is 7.33. The second-order valence-corrected chi connectivity index (χ2v) is 7.07. The fourth-order valence-electron chi connectivity index (χ4n) is 3.17. The van der Waals surface area contributed by atoms with E-state index >= 15 is 0 Å². The van der Waals surface area contributed by atoms with Crippen LogP contribution in [0.25, 0.3) is 0 Å². The van der Waals surface area contributed by atoms with E-state index in [1.54, 1.807) is 17.0 Å². The third-order valence-corrected chi connectivity index (χ3v) is 4.78. The molecule has 0 aliphatic rings. The van der Waals surface area contributed by atoms with Gasteiger partial charge in [0.2, 0.25) is 11.8 Å². The van der Waals surface area contributed by atoms with Gasteiger partial charge in [-0.3, -0.25) is 9.59 Å². The quantitative estimate of drug-likeness (QED) is 0.595. The van der Waals surface area contributed by atoms with Crippen molar-refractivity contribution in [2.45, 2.75) is 32.9 Å². The third kappa shape index (κ3) is 6.01. The summed E-state index contributed by atoms with van der Waals surface area (Å²) in [5.74, 6) is -0.409. The number of anilines is 1. The lowest BCUT2D eigenvalue weighted by Gasteiger charge is -2.23. The average Bonchev–Trinajstić information content (AvgIpc) is 2.77. The topological polar surface area (TPSA) is 49.4 Å². The van der Waals surface area contributed by atoms with Gasteiger partial charge in [-0.2, -0.15) is 0 Å². The number of carbonyl (C=O) groups excluding carboxylic acids is 2. The standard InChI is InChI=1S/C25H25FN2O2/c1-2-25(30)28(18-20-7-4-3-5-8-20)23-10-6-9-21(15-23)16-24(29)27-17-19-11-13-22(26)14-12-19/h3-15H,2,16-18H2,1H3,(H,27,29). The molecule has 0 radical (unpaired) electrons. The van der Waals surface area contributed by atoms with Crippen molar-refractivity contribution in [2.75, 3.05) is 4.90 Å². The first kappa shape index (κ1) is 21.2. The molecule has 0 fully saturated rings. The Morgan fingerprint density at radius 1 is 0.867 bits per heavy atom. The van der Waals surface area contributed by atoms with Crippen molar-refractivity contribution in [1.82, 2.24) is 5.32 Å². The molecule has 1 N–H and O–H groups in total. The van der Waals surface area contributed by atoms with Crippen LogP contribution in [0, 0.1) is 5.82 Å². The van der Waals surface area contributed by atoms with Crippen LogP contribution >= 0.6 is 0 Å². The van der Waals surface area contributed by atoms with Crippen LogP contribution in [0.4, 0.5) is 10.1 Å². The monoisotopic (exact) mass is 404 g/mol. The number of rotatable bonds is 8. The maximum atomic E-state index is 13.0. The molecule has 0 spiro atoms. The van der Waals surface area contributed by atoms with Crippen molar-refractivity contribution in [3.05, 3.63) is 101 Å². The molecule has 3 rings (SSSR count). The number of carbonyl (C=O) groups is 2. The minimum atomic E-state index is -0.302. The molecule has 2 amide bonds. The summed E-state index contributed by atoms with van der Waals surface area (Å²) in [5.41, 5.74) is 3.48. The zero-order chi connectivity index (χ0) is 21.3. The average molecular weight is 404 g/mol. The van der Waals surface area contributed by atoms with Crippen LogP contribution < -0.4 is 10.2 Å². The lowest BCUT2D eigenvalue weighted by atomic mass is 10.1. The van der Waals surface area contributed by atoms with Crippen molar-refractivity contribution in [2.24, 2.45) is 0 Å². The molecular formula is C25H25FN2O2. The summed E-state index contributed by atoms with van der Waals surface area (Å²) in [7, 11) is 0. The van der Waals surface area contributed by atoms with Crippen molar-refractivity contribution in [3.63, 3.8) is 0 Å². The summed E-state index contributed by atoms with van der Waals surface area (Å²) in [5, 5.41) is 2.85. The number of nitrogens with one attached hydrogen (secondary N) is 1. The first-order valence-electron chi connectivity index (χ1n) is 9.99. The maximum Gasteiger partial charge on any atom is 0.227 e. The molecule has 0 aliphatic heterocycles. The predicted molar refractivity (Wildman–Crippen MR) is 116 cm³/mol. The van der Waals surface area contributed by atoms with Crippen molar-refractivity contribution in [3.8, 4) is 0 Å². The van der Waals surface area contributed by atoms with E-state index in [1.807, 2.05) is 61.5 Å². The molecule has 30 heavy (non-hydrogen) atoms. The van der Waals surface area contributed by atoms with Gasteiger partial charge in [-0.15, -0.1) is 0 Å². The summed E-state index contributed by atoms with van der Waals surface area (Å²) >= 11 is 0. The van der Waals surface area contributed by atoms with E-state index in [1.165, 1.54) is 12.1 Å².